The Balaban J connectivity index is 2.25. The van der Waals surface area contributed by atoms with Gasteiger partial charge in [-0.2, -0.15) is 0 Å². The second kappa shape index (κ2) is 3.91. The van der Waals surface area contributed by atoms with Crippen LogP contribution in [0.3, 0.4) is 0 Å². The summed E-state index contributed by atoms with van der Waals surface area (Å²) in [5.41, 5.74) is 0. The van der Waals surface area contributed by atoms with E-state index in [1.807, 2.05) is 0 Å². The molecule has 1 saturated heterocycles. The first-order chi connectivity index (χ1) is 4.86. The van der Waals surface area contributed by atoms with Gasteiger partial charge in [-0.25, -0.2) is 0 Å². The van der Waals surface area contributed by atoms with E-state index in [0.29, 0.717) is 0 Å². The van der Waals surface area contributed by atoms with E-state index < -0.39 is 0 Å². The third-order valence-corrected chi connectivity index (χ3v) is 2.02. The molecule has 3 N–H and O–H groups in total. The standard InChI is InChI=1S/C7H15NO2/c9-4-6-2-1-3-7(5-10)8-6/h6-10H,1-5H2. The first-order valence-electron chi connectivity index (χ1n) is 3.84. The minimum atomic E-state index is 0.191. The van der Waals surface area contributed by atoms with Gasteiger partial charge < -0.3 is 15.5 Å². The molecule has 0 radical (unpaired) electrons. The van der Waals surface area contributed by atoms with Crippen molar-refractivity contribution in [1.29, 1.82) is 0 Å². The van der Waals surface area contributed by atoms with Gasteiger partial charge >= 0.3 is 0 Å². The SMILES string of the molecule is OCC1CCCC(CO)N1. The molecule has 0 saturated carbocycles. The molecule has 1 aliphatic heterocycles. The van der Waals surface area contributed by atoms with Crippen LogP contribution in [0.15, 0.2) is 0 Å². The van der Waals surface area contributed by atoms with E-state index in [1.54, 1.807) is 0 Å². The molecule has 2 atom stereocenters. The summed E-state index contributed by atoms with van der Waals surface area (Å²) in [5.74, 6) is 0. The molecule has 2 unspecified atom stereocenters. The highest BCUT2D eigenvalue weighted by Crippen LogP contribution is 2.11. The van der Waals surface area contributed by atoms with Crippen molar-refractivity contribution < 1.29 is 10.2 Å². The normalized spacial score (nSPS) is 34.2. The predicted molar refractivity (Wildman–Crippen MR) is 38.7 cm³/mol. The molecule has 0 aromatic carbocycles. The quantitative estimate of drug-likeness (QED) is 0.490. The topological polar surface area (TPSA) is 52.5 Å². The van der Waals surface area contributed by atoms with Gasteiger partial charge in [-0.05, 0) is 12.8 Å². The molecule has 1 heterocycles. The molecule has 0 aromatic heterocycles. The van der Waals surface area contributed by atoms with Crippen molar-refractivity contribution in [2.45, 2.75) is 31.3 Å². The van der Waals surface area contributed by atoms with E-state index in [4.69, 9.17) is 10.2 Å². The molecule has 1 rings (SSSR count). The Morgan fingerprint density at radius 2 is 1.60 bits per heavy atom. The summed E-state index contributed by atoms with van der Waals surface area (Å²) >= 11 is 0. The molecule has 0 amide bonds. The van der Waals surface area contributed by atoms with Crippen LogP contribution < -0.4 is 5.32 Å². The molecule has 0 aromatic rings. The molecule has 3 nitrogen and oxygen atoms in total. The monoisotopic (exact) mass is 145 g/mol. The van der Waals surface area contributed by atoms with Crippen LogP contribution in [0.4, 0.5) is 0 Å². The Labute approximate surface area is 61.1 Å². The van der Waals surface area contributed by atoms with Gasteiger partial charge in [-0.3, -0.25) is 0 Å². The minimum absolute atomic E-state index is 0.191. The lowest BCUT2D eigenvalue weighted by Gasteiger charge is -2.28. The van der Waals surface area contributed by atoms with Crippen molar-refractivity contribution in [3.63, 3.8) is 0 Å². The summed E-state index contributed by atoms with van der Waals surface area (Å²) in [7, 11) is 0. The molecule has 3 heteroatoms. The van der Waals surface area contributed by atoms with Crippen LogP contribution in [0.25, 0.3) is 0 Å². The van der Waals surface area contributed by atoms with Crippen LogP contribution in [0.5, 0.6) is 0 Å². The largest absolute Gasteiger partial charge is 0.395 e. The van der Waals surface area contributed by atoms with Crippen molar-refractivity contribution in [1.82, 2.24) is 5.32 Å². The van der Waals surface area contributed by atoms with Crippen molar-refractivity contribution in [3.05, 3.63) is 0 Å². The molecule has 0 bridgehead atoms. The lowest BCUT2D eigenvalue weighted by Crippen LogP contribution is -2.45. The zero-order chi connectivity index (χ0) is 7.40. The third kappa shape index (κ3) is 1.94. The van der Waals surface area contributed by atoms with Gasteiger partial charge in [0, 0.05) is 12.1 Å². The van der Waals surface area contributed by atoms with Gasteiger partial charge in [0.2, 0.25) is 0 Å². The van der Waals surface area contributed by atoms with Gasteiger partial charge in [-0.1, -0.05) is 6.42 Å². The smallest absolute Gasteiger partial charge is 0.0584 e. The van der Waals surface area contributed by atoms with E-state index in [2.05, 4.69) is 5.32 Å². The molecular formula is C7H15NO2. The summed E-state index contributed by atoms with van der Waals surface area (Å²) in [6, 6.07) is 0.428. The number of hydrogen-bond donors (Lipinski definition) is 3. The van der Waals surface area contributed by atoms with E-state index >= 15 is 0 Å². The Morgan fingerprint density at radius 3 is 2.00 bits per heavy atom. The minimum Gasteiger partial charge on any atom is -0.395 e. The van der Waals surface area contributed by atoms with Crippen LogP contribution in [0, 0.1) is 0 Å². The van der Waals surface area contributed by atoms with Gasteiger partial charge in [0.1, 0.15) is 0 Å². The second-order valence-corrected chi connectivity index (χ2v) is 2.86. The Hall–Kier alpha value is -0.120. The van der Waals surface area contributed by atoms with Crippen LogP contribution in [0.1, 0.15) is 19.3 Å². The zero-order valence-electron chi connectivity index (χ0n) is 6.08. The average Bonchev–Trinajstić information content (AvgIpc) is 2.05. The van der Waals surface area contributed by atoms with Crippen LogP contribution in [-0.2, 0) is 0 Å². The maximum atomic E-state index is 8.76. The van der Waals surface area contributed by atoms with E-state index in [9.17, 15) is 0 Å². The van der Waals surface area contributed by atoms with Gasteiger partial charge in [0.15, 0.2) is 0 Å². The fourth-order valence-electron chi connectivity index (χ4n) is 1.40. The first kappa shape index (κ1) is 7.98. The molecular weight excluding hydrogens is 130 g/mol. The highest BCUT2D eigenvalue weighted by Gasteiger charge is 2.18. The lowest BCUT2D eigenvalue weighted by atomic mass is 10.00. The Bertz CT molecular complexity index is 87.6. The van der Waals surface area contributed by atoms with Gasteiger partial charge in [0.05, 0.1) is 13.2 Å². The van der Waals surface area contributed by atoms with Gasteiger partial charge in [-0.15, -0.1) is 0 Å². The summed E-state index contributed by atoms with van der Waals surface area (Å²) in [4.78, 5) is 0. The van der Waals surface area contributed by atoms with Crippen LogP contribution in [-0.4, -0.2) is 35.5 Å². The average molecular weight is 145 g/mol. The maximum absolute atomic E-state index is 8.76. The van der Waals surface area contributed by atoms with E-state index in [1.165, 1.54) is 0 Å². The lowest BCUT2D eigenvalue weighted by molar-refractivity contribution is 0.158. The number of rotatable bonds is 2. The van der Waals surface area contributed by atoms with E-state index in [-0.39, 0.29) is 25.3 Å². The molecule has 0 aliphatic carbocycles. The first-order valence-corrected chi connectivity index (χ1v) is 3.84. The van der Waals surface area contributed by atoms with Crippen LogP contribution in [0.2, 0.25) is 0 Å². The second-order valence-electron chi connectivity index (χ2n) is 2.86. The van der Waals surface area contributed by atoms with E-state index in [0.717, 1.165) is 19.3 Å². The van der Waals surface area contributed by atoms with Crippen molar-refractivity contribution in [2.75, 3.05) is 13.2 Å². The third-order valence-electron chi connectivity index (χ3n) is 2.02. The molecule has 10 heavy (non-hydrogen) atoms. The summed E-state index contributed by atoms with van der Waals surface area (Å²) < 4.78 is 0. The fourth-order valence-corrected chi connectivity index (χ4v) is 1.40. The summed E-state index contributed by atoms with van der Waals surface area (Å²) in [5, 5.41) is 20.7. The predicted octanol–water partition coefficient (Wildman–Crippen LogP) is -0.518. The molecule has 60 valence electrons. The Morgan fingerprint density at radius 1 is 1.10 bits per heavy atom. The number of piperidine rings is 1. The molecule has 1 fully saturated rings. The van der Waals surface area contributed by atoms with Crippen molar-refractivity contribution >= 4 is 0 Å². The fraction of sp³-hybridized carbons (Fsp3) is 1.00. The Kier molecular flexibility index (Phi) is 3.12. The maximum Gasteiger partial charge on any atom is 0.0584 e. The number of aliphatic hydroxyl groups is 2. The summed E-state index contributed by atoms with van der Waals surface area (Å²) in [6.07, 6.45) is 3.18. The molecule has 1 aliphatic rings. The van der Waals surface area contributed by atoms with Crippen LogP contribution >= 0.6 is 0 Å². The zero-order valence-corrected chi connectivity index (χ0v) is 6.08. The number of nitrogens with one attached hydrogen (secondary N) is 1. The van der Waals surface area contributed by atoms with Gasteiger partial charge in [0.25, 0.3) is 0 Å². The number of aliphatic hydroxyl groups excluding tert-OH is 2. The van der Waals surface area contributed by atoms with Crippen molar-refractivity contribution in [2.24, 2.45) is 0 Å². The highest BCUT2D eigenvalue weighted by atomic mass is 16.3. The summed E-state index contributed by atoms with van der Waals surface area (Å²) in [6.45, 7) is 0.382. The molecule has 0 spiro atoms. The number of hydrogen-bond acceptors (Lipinski definition) is 3. The van der Waals surface area contributed by atoms with Crippen molar-refractivity contribution in [3.8, 4) is 0 Å². The highest BCUT2D eigenvalue weighted by molar-refractivity contribution is 4.78.